The van der Waals surface area contributed by atoms with Gasteiger partial charge < -0.3 is 5.32 Å². The zero-order chi connectivity index (χ0) is 14.7. The van der Waals surface area contributed by atoms with Crippen molar-refractivity contribution in [3.8, 4) is 0 Å². The fraction of sp³-hybridized carbons (Fsp3) is 0.182. The molecule has 1 fully saturated rings. The summed E-state index contributed by atoms with van der Waals surface area (Å²) in [6.45, 7) is -0.359. The third-order valence-electron chi connectivity index (χ3n) is 2.50. The Labute approximate surface area is 117 Å². The highest BCUT2D eigenvalue weighted by Crippen LogP contribution is 2.19. The highest BCUT2D eigenvalue weighted by atomic mass is 32.2. The first-order valence-corrected chi connectivity index (χ1v) is 6.47. The van der Waals surface area contributed by atoms with Gasteiger partial charge in [-0.1, -0.05) is 11.8 Å². The minimum Gasteiger partial charge on any atom is -0.325 e. The number of amides is 3. The van der Waals surface area contributed by atoms with Crippen LogP contribution < -0.4 is 5.32 Å². The van der Waals surface area contributed by atoms with Gasteiger partial charge in [-0.15, -0.1) is 0 Å². The SMILES string of the molecule is O=C(CN1C(=O)CSC1=O)Nc1ccc([N+](=O)[O-])cc1. The molecule has 0 unspecified atom stereocenters. The van der Waals surface area contributed by atoms with Crippen molar-refractivity contribution < 1.29 is 19.3 Å². The zero-order valence-corrected chi connectivity index (χ0v) is 10.9. The Kier molecular flexibility index (Phi) is 3.99. The third kappa shape index (κ3) is 3.12. The Hall–Kier alpha value is -2.42. The van der Waals surface area contributed by atoms with Gasteiger partial charge in [0.25, 0.3) is 10.9 Å². The van der Waals surface area contributed by atoms with Crippen molar-refractivity contribution in [3.05, 3.63) is 34.4 Å². The summed E-state index contributed by atoms with van der Waals surface area (Å²) in [7, 11) is 0. The van der Waals surface area contributed by atoms with Crippen molar-refractivity contribution in [3.63, 3.8) is 0 Å². The molecule has 1 N–H and O–H groups in total. The van der Waals surface area contributed by atoms with Gasteiger partial charge in [0, 0.05) is 17.8 Å². The molecule has 3 amide bonds. The Morgan fingerprint density at radius 1 is 1.35 bits per heavy atom. The topological polar surface area (TPSA) is 110 Å². The van der Waals surface area contributed by atoms with Crippen molar-refractivity contribution in [1.82, 2.24) is 4.90 Å². The number of thioether (sulfide) groups is 1. The number of hydrogen-bond acceptors (Lipinski definition) is 6. The first-order valence-electron chi connectivity index (χ1n) is 5.49. The zero-order valence-electron chi connectivity index (χ0n) is 10.1. The van der Waals surface area contributed by atoms with Crippen LogP contribution in [0.1, 0.15) is 0 Å². The van der Waals surface area contributed by atoms with E-state index in [2.05, 4.69) is 5.32 Å². The molecule has 0 atom stereocenters. The molecule has 0 aliphatic carbocycles. The lowest BCUT2D eigenvalue weighted by Crippen LogP contribution is -2.36. The van der Waals surface area contributed by atoms with Crippen LogP contribution in [0.5, 0.6) is 0 Å². The molecule has 1 aromatic rings. The van der Waals surface area contributed by atoms with E-state index in [1.807, 2.05) is 0 Å². The number of benzene rings is 1. The largest absolute Gasteiger partial charge is 0.325 e. The number of imide groups is 1. The van der Waals surface area contributed by atoms with E-state index in [-0.39, 0.29) is 18.0 Å². The molecule has 1 aromatic carbocycles. The van der Waals surface area contributed by atoms with E-state index in [0.717, 1.165) is 16.7 Å². The third-order valence-corrected chi connectivity index (χ3v) is 3.36. The molecule has 0 radical (unpaired) electrons. The number of carbonyl (C=O) groups is 3. The molecule has 1 heterocycles. The Morgan fingerprint density at radius 2 is 2.00 bits per heavy atom. The lowest BCUT2D eigenvalue weighted by atomic mass is 10.3. The monoisotopic (exact) mass is 295 g/mol. The van der Waals surface area contributed by atoms with E-state index in [9.17, 15) is 24.5 Å². The molecule has 1 aliphatic rings. The molecule has 20 heavy (non-hydrogen) atoms. The molecule has 0 saturated carbocycles. The van der Waals surface area contributed by atoms with E-state index in [0.29, 0.717) is 5.69 Å². The normalized spacial score (nSPS) is 14.5. The predicted octanol–water partition coefficient (Wildman–Crippen LogP) is 1.23. The number of nitrogens with one attached hydrogen (secondary N) is 1. The summed E-state index contributed by atoms with van der Waals surface area (Å²) in [4.78, 5) is 45.1. The molecule has 8 nitrogen and oxygen atoms in total. The Morgan fingerprint density at radius 3 is 2.50 bits per heavy atom. The number of nitro benzene ring substituents is 1. The number of hydrogen-bond donors (Lipinski definition) is 1. The molecule has 0 aromatic heterocycles. The second-order valence-electron chi connectivity index (χ2n) is 3.89. The Bertz CT molecular complexity index is 570. The number of anilines is 1. The molecule has 9 heteroatoms. The number of nitrogens with zero attached hydrogens (tertiary/aromatic N) is 2. The maximum Gasteiger partial charge on any atom is 0.289 e. The van der Waals surface area contributed by atoms with Gasteiger partial charge in [0.2, 0.25) is 11.8 Å². The van der Waals surface area contributed by atoms with Crippen LogP contribution in [-0.2, 0) is 9.59 Å². The average Bonchev–Trinajstić information content (AvgIpc) is 2.71. The maximum absolute atomic E-state index is 11.7. The van der Waals surface area contributed by atoms with Crippen molar-refractivity contribution in [1.29, 1.82) is 0 Å². The van der Waals surface area contributed by atoms with Gasteiger partial charge >= 0.3 is 0 Å². The van der Waals surface area contributed by atoms with Crippen molar-refractivity contribution >= 4 is 40.2 Å². The van der Waals surface area contributed by atoms with E-state index in [4.69, 9.17) is 0 Å². The highest BCUT2D eigenvalue weighted by Gasteiger charge is 2.31. The second kappa shape index (κ2) is 5.70. The van der Waals surface area contributed by atoms with Crippen LogP contribution in [-0.4, -0.2) is 39.2 Å². The molecule has 1 aliphatic heterocycles. The van der Waals surface area contributed by atoms with E-state index >= 15 is 0 Å². The first kappa shape index (κ1) is 14.0. The van der Waals surface area contributed by atoms with Crippen molar-refractivity contribution in [2.24, 2.45) is 0 Å². The summed E-state index contributed by atoms with van der Waals surface area (Å²) in [5.74, 6) is -0.897. The summed E-state index contributed by atoms with van der Waals surface area (Å²) in [5, 5.41) is 12.5. The maximum atomic E-state index is 11.7. The van der Waals surface area contributed by atoms with Gasteiger partial charge in [-0.3, -0.25) is 29.4 Å². The minimum absolute atomic E-state index is 0.0453. The van der Waals surface area contributed by atoms with Gasteiger partial charge in [-0.25, -0.2) is 0 Å². The van der Waals surface area contributed by atoms with Gasteiger partial charge in [0.1, 0.15) is 6.54 Å². The molecular formula is C11H9N3O5S. The predicted molar refractivity (Wildman–Crippen MR) is 71.3 cm³/mol. The fourth-order valence-electron chi connectivity index (χ4n) is 1.54. The van der Waals surface area contributed by atoms with Crippen LogP contribution in [0.4, 0.5) is 16.2 Å². The standard InChI is InChI=1S/C11H9N3O5S/c15-9(5-13-10(16)6-20-11(13)17)12-7-1-3-8(4-2-7)14(18)19/h1-4H,5-6H2,(H,12,15). The lowest BCUT2D eigenvalue weighted by Gasteiger charge is -2.12. The van der Waals surface area contributed by atoms with Crippen LogP contribution in [0.3, 0.4) is 0 Å². The summed E-state index contributed by atoms with van der Waals surface area (Å²) in [6, 6.07) is 5.24. The van der Waals surface area contributed by atoms with Crippen molar-refractivity contribution in [2.45, 2.75) is 0 Å². The summed E-state index contributed by atoms with van der Waals surface area (Å²) in [6.07, 6.45) is 0. The number of nitro groups is 1. The van der Waals surface area contributed by atoms with Crippen LogP contribution in [0.25, 0.3) is 0 Å². The lowest BCUT2D eigenvalue weighted by molar-refractivity contribution is -0.384. The van der Waals surface area contributed by atoms with Crippen LogP contribution >= 0.6 is 11.8 Å². The molecule has 0 spiro atoms. The summed E-state index contributed by atoms with van der Waals surface area (Å²) >= 11 is 0.849. The van der Waals surface area contributed by atoms with Gasteiger partial charge in [-0.05, 0) is 12.1 Å². The van der Waals surface area contributed by atoms with Crippen LogP contribution in [0.15, 0.2) is 24.3 Å². The Balaban J connectivity index is 1.96. The first-order chi connectivity index (χ1) is 9.47. The summed E-state index contributed by atoms with van der Waals surface area (Å²) < 4.78 is 0. The number of non-ortho nitro benzene ring substituents is 1. The van der Waals surface area contributed by atoms with Gasteiger partial charge in [0.05, 0.1) is 10.7 Å². The molecule has 104 valence electrons. The van der Waals surface area contributed by atoms with E-state index < -0.39 is 22.0 Å². The van der Waals surface area contributed by atoms with Gasteiger partial charge in [-0.2, -0.15) is 0 Å². The van der Waals surface area contributed by atoms with Crippen LogP contribution in [0.2, 0.25) is 0 Å². The molecule has 1 saturated heterocycles. The quantitative estimate of drug-likeness (QED) is 0.660. The minimum atomic E-state index is -0.551. The molecule has 0 bridgehead atoms. The number of rotatable bonds is 4. The number of carbonyl (C=O) groups excluding carboxylic acids is 3. The fourth-order valence-corrected chi connectivity index (χ4v) is 2.27. The highest BCUT2D eigenvalue weighted by molar-refractivity contribution is 8.14. The van der Waals surface area contributed by atoms with Crippen LogP contribution in [0, 0.1) is 10.1 Å². The van der Waals surface area contributed by atoms with Crippen molar-refractivity contribution in [2.75, 3.05) is 17.6 Å². The molecule has 2 rings (SSSR count). The van der Waals surface area contributed by atoms with E-state index in [1.165, 1.54) is 24.3 Å². The smallest absolute Gasteiger partial charge is 0.289 e. The molecular weight excluding hydrogens is 286 g/mol. The van der Waals surface area contributed by atoms with E-state index in [1.54, 1.807) is 0 Å². The average molecular weight is 295 g/mol. The summed E-state index contributed by atoms with van der Waals surface area (Å²) in [5.41, 5.74) is 0.261. The second-order valence-corrected chi connectivity index (χ2v) is 4.81. The van der Waals surface area contributed by atoms with Gasteiger partial charge in [0.15, 0.2) is 0 Å².